The molecule has 0 spiro atoms. The Bertz CT molecular complexity index is 1250. The van der Waals surface area contributed by atoms with E-state index in [0.717, 1.165) is 23.3 Å². The van der Waals surface area contributed by atoms with Crippen LogP contribution in [-0.2, 0) is 16.8 Å². The molecule has 0 saturated heterocycles. The number of benzene rings is 3. The van der Waals surface area contributed by atoms with Crippen LogP contribution in [0.5, 0.6) is 5.75 Å². The maximum Gasteiger partial charge on any atom is 0.573 e. The lowest BCUT2D eigenvalue weighted by Crippen LogP contribution is -2.47. The number of nitrogens with one attached hydrogen (secondary N) is 1. The van der Waals surface area contributed by atoms with Crippen LogP contribution in [-0.4, -0.2) is 23.8 Å². The van der Waals surface area contributed by atoms with E-state index in [1.165, 1.54) is 23.8 Å². The first kappa shape index (κ1) is 26.0. The minimum atomic E-state index is -4.68. The SMILES string of the molecule is CC(Cc1ccccc1)(NC(=O)CN)c1ccccc1.Nc1nc2ccc(OC(F)(F)F)cc2s1. The first-order valence-corrected chi connectivity index (χ1v) is 11.4. The fourth-order valence-corrected chi connectivity index (χ4v) is 4.27. The number of thiazole rings is 1. The second kappa shape index (κ2) is 11.2. The van der Waals surface area contributed by atoms with Crippen LogP contribution in [0.2, 0.25) is 0 Å². The monoisotopic (exact) mass is 502 g/mol. The molecule has 0 saturated carbocycles. The number of halogens is 3. The van der Waals surface area contributed by atoms with Crippen molar-refractivity contribution in [2.45, 2.75) is 25.2 Å². The summed E-state index contributed by atoms with van der Waals surface area (Å²) in [4.78, 5) is 15.7. The predicted octanol–water partition coefficient (Wildman–Crippen LogP) is 5.00. The zero-order valence-corrected chi connectivity index (χ0v) is 19.7. The third-order valence-electron chi connectivity index (χ3n) is 5.02. The summed E-state index contributed by atoms with van der Waals surface area (Å²) in [6.07, 6.45) is -3.95. The second-order valence-electron chi connectivity index (χ2n) is 7.84. The predicted molar refractivity (Wildman–Crippen MR) is 132 cm³/mol. The molecule has 10 heteroatoms. The Labute approximate surface area is 204 Å². The fraction of sp³-hybridized carbons (Fsp3) is 0.200. The molecule has 1 aromatic heterocycles. The number of alkyl halides is 3. The molecule has 0 aliphatic carbocycles. The summed E-state index contributed by atoms with van der Waals surface area (Å²) in [6, 6.07) is 24.0. The number of nitrogens with zero attached hydrogens (tertiary/aromatic N) is 1. The van der Waals surface area contributed by atoms with Crippen molar-refractivity contribution in [2.75, 3.05) is 12.3 Å². The van der Waals surface area contributed by atoms with E-state index in [-0.39, 0.29) is 18.2 Å². The van der Waals surface area contributed by atoms with Gasteiger partial charge in [-0.3, -0.25) is 4.79 Å². The van der Waals surface area contributed by atoms with Gasteiger partial charge in [0.05, 0.1) is 22.3 Å². The summed E-state index contributed by atoms with van der Waals surface area (Å²) in [6.45, 7) is 2.03. The fourth-order valence-electron chi connectivity index (χ4n) is 3.51. The van der Waals surface area contributed by atoms with E-state index in [4.69, 9.17) is 11.5 Å². The number of carbonyl (C=O) groups is 1. The summed E-state index contributed by atoms with van der Waals surface area (Å²) in [5.41, 5.74) is 13.2. The Morgan fingerprint density at radius 1 is 1.03 bits per heavy atom. The van der Waals surface area contributed by atoms with Gasteiger partial charge >= 0.3 is 6.36 Å². The van der Waals surface area contributed by atoms with Crippen molar-refractivity contribution in [3.63, 3.8) is 0 Å². The van der Waals surface area contributed by atoms with Gasteiger partial charge in [0.2, 0.25) is 5.91 Å². The molecule has 4 aromatic rings. The number of nitrogens with two attached hydrogens (primary N) is 2. The molecule has 6 nitrogen and oxygen atoms in total. The lowest BCUT2D eigenvalue weighted by atomic mass is 9.85. The van der Waals surface area contributed by atoms with Crippen LogP contribution >= 0.6 is 11.3 Å². The van der Waals surface area contributed by atoms with Gasteiger partial charge in [-0.25, -0.2) is 4.98 Å². The molecule has 3 aromatic carbocycles. The molecule has 184 valence electrons. The summed E-state index contributed by atoms with van der Waals surface area (Å²) in [7, 11) is 0. The first-order valence-electron chi connectivity index (χ1n) is 10.6. The largest absolute Gasteiger partial charge is 0.573 e. The lowest BCUT2D eigenvalue weighted by Gasteiger charge is -2.31. The average molecular weight is 503 g/mol. The molecule has 5 N–H and O–H groups in total. The van der Waals surface area contributed by atoms with Crippen molar-refractivity contribution < 1.29 is 22.7 Å². The van der Waals surface area contributed by atoms with E-state index in [0.29, 0.717) is 15.3 Å². The Balaban J connectivity index is 0.000000203. The quantitative estimate of drug-likeness (QED) is 0.344. The van der Waals surface area contributed by atoms with Crippen molar-refractivity contribution in [1.29, 1.82) is 0 Å². The second-order valence-corrected chi connectivity index (χ2v) is 8.90. The Morgan fingerprint density at radius 3 is 2.26 bits per heavy atom. The molecule has 0 aliphatic rings. The van der Waals surface area contributed by atoms with E-state index in [9.17, 15) is 18.0 Å². The molecule has 0 bridgehead atoms. The van der Waals surface area contributed by atoms with E-state index in [2.05, 4.69) is 27.2 Å². The molecular formula is C25H25F3N4O2S. The number of carbonyl (C=O) groups excluding carboxylic acids is 1. The Kier molecular flexibility index (Phi) is 8.31. The highest BCUT2D eigenvalue weighted by Crippen LogP contribution is 2.30. The van der Waals surface area contributed by atoms with Gasteiger partial charge in [-0.15, -0.1) is 13.2 Å². The number of aromatic nitrogens is 1. The van der Waals surface area contributed by atoms with Crippen molar-refractivity contribution in [2.24, 2.45) is 5.73 Å². The van der Waals surface area contributed by atoms with Gasteiger partial charge in [-0.1, -0.05) is 72.0 Å². The number of fused-ring (bicyclic) bond motifs is 1. The standard InChI is InChI=1S/C17H20N2O.C8H5F3N2OS/c1-17(19-16(20)13-18,15-10-6-3-7-11-15)12-14-8-4-2-5-9-14;9-8(10,11)14-4-1-2-5-6(3-4)15-7(12)13-5/h2-11H,12-13,18H2,1H3,(H,19,20);1-3H,(H2,12,13). The highest BCUT2D eigenvalue weighted by molar-refractivity contribution is 7.22. The van der Waals surface area contributed by atoms with Crippen LogP contribution in [0.4, 0.5) is 18.3 Å². The maximum atomic E-state index is 11.9. The van der Waals surface area contributed by atoms with Crippen molar-refractivity contribution >= 4 is 32.6 Å². The van der Waals surface area contributed by atoms with Crippen LogP contribution in [0.15, 0.2) is 78.9 Å². The maximum absolute atomic E-state index is 11.9. The smallest absolute Gasteiger partial charge is 0.406 e. The number of nitrogen functional groups attached to an aromatic ring is 1. The zero-order valence-electron chi connectivity index (χ0n) is 18.9. The molecule has 35 heavy (non-hydrogen) atoms. The van der Waals surface area contributed by atoms with Crippen molar-refractivity contribution in [3.05, 3.63) is 90.0 Å². The van der Waals surface area contributed by atoms with Crippen molar-refractivity contribution in [3.8, 4) is 5.75 Å². The van der Waals surface area contributed by atoms with Crippen LogP contribution in [0, 0.1) is 0 Å². The number of anilines is 1. The third-order valence-corrected chi connectivity index (χ3v) is 5.87. The average Bonchev–Trinajstić information content (AvgIpc) is 3.19. The van der Waals surface area contributed by atoms with E-state index in [1.54, 1.807) is 0 Å². The summed E-state index contributed by atoms with van der Waals surface area (Å²) in [5.74, 6) is -0.411. The van der Waals surface area contributed by atoms with E-state index >= 15 is 0 Å². The zero-order chi connectivity index (χ0) is 25.5. The molecule has 1 amide bonds. The van der Waals surface area contributed by atoms with Crippen LogP contribution in [0.3, 0.4) is 0 Å². The topological polar surface area (TPSA) is 103 Å². The minimum absolute atomic E-state index is 0.00276. The highest BCUT2D eigenvalue weighted by atomic mass is 32.1. The van der Waals surface area contributed by atoms with Crippen molar-refractivity contribution in [1.82, 2.24) is 10.3 Å². The van der Waals surface area contributed by atoms with Gasteiger partial charge in [0.25, 0.3) is 0 Å². The molecule has 0 fully saturated rings. The molecule has 0 aliphatic heterocycles. The molecule has 4 rings (SSSR count). The van der Waals surface area contributed by atoms with E-state index < -0.39 is 11.9 Å². The number of rotatable bonds is 6. The van der Waals surface area contributed by atoms with Gasteiger partial charge in [-0.05, 0) is 36.6 Å². The molecule has 1 unspecified atom stereocenters. The molecule has 1 heterocycles. The third kappa shape index (κ3) is 7.69. The number of hydrogen-bond donors (Lipinski definition) is 3. The highest BCUT2D eigenvalue weighted by Gasteiger charge is 2.31. The van der Waals surface area contributed by atoms with Gasteiger partial charge in [0.1, 0.15) is 5.75 Å². The number of ether oxygens (including phenoxy) is 1. The van der Waals surface area contributed by atoms with Crippen LogP contribution in [0.1, 0.15) is 18.1 Å². The van der Waals surface area contributed by atoms with Gasteiger partial charge in [-0.2, -0.15) is 0 Å². The van der Waals surface area contributed by atoms with Gasteiger partial charge in [0, 0.05) is 6.07 Å². The van der Waals surface area contributed by atoms with Gasteiger partial charge in [0.15, 0.2) is 5.13 Å². The molecule has 1 atom stereocenters. The summed E-state index contributed by atoms with van der Waals surface area (Å²) >= 11 is 1.11. The minimum Gasteiger partial charge on any atom is -0.406 e. The summed E-state index contributed by atoms with van der Waals surface area (Å²) < 4.78 is 40.0. The van der Waals surface area contributed by atoms with Crippen LogP contribution < -0.4 is 21.5 Å². The molecule has 0 radical (unpaired) electrons. The Hall–Kier alpha value is -3.63. The van der Waals surface area contributed by atoms with E-state index in [1.807, 2.05) is 55.5 Å². The summed E-state index contributed by atoms with van der Waals surface area (Å²) in [5, 5.41) is 3.36. The first-order chi connectivity index (χ1) is 16.6. The lowest BCUT2D eigenvalue weighted by molar-refractivity contribution is -0.274. The number of amides is 1. The molecular weight excluding hydrogens is 477 g/mol. The normalized spacial score (nSPS) is 12.8. The Morgan fingerprint density at radius 2 is 1.66 bits per heavy atom. The van der Waals surface area contributed by atoms with Crippen LogP contribution in [0.25, 0.3) is 10.2 Å². The van der Waals surface area contributed by atoms with Gasteiger partial charge < -0.3 is 21.5 Å². The number of hydrogen-bond acceptors (Lipinski definition) is 6.